The average molecular weight is 546 g/mol. The van der Waals surface area contributed by atoms with Crippen molar-refractivity contribution >= 4 is 75.4 Å². The lowest BCUT2D eigenvalue weighted by Gasteiger charge is -2.28. The molecule has 0 radical (unpaired) electrons. The fourth-order valence-electron chi connectivity index (χ4n) is 3.85. The summed E-state index contributed by atoms with van der Waals surface area (Å²) in [6.45, 7) is -0.152. The van der Waals surface area contributed by atoms with Gasteiger partial charge in [0, 0.05) is 0 Å². The van der Waals surface area contributed by atoms with E-state index in [-0.39, 0.29) is 31.5 Å². The second-order valence-corrected chi connectivity index (χ2v) is 10.7. The van der Waals surface area contributed by atoms with Gasteiger partial charge in [-0.1, -0.05) is 40.0 Å². The molecule has 172 valence electrons. The highest BCUT2D eigenvalue weighted by Crippen LogP contribution is 2.56. The minimum atomic E-state index is -4.86. The summed E-state index contributed by atoms with van der Waals surface area (Å²) in [4.78, 5) is 28.7. The zero-order valence-corrected chi connectivity index (χ0v) is 20.0. The van der Waals surface area contributed by atoms with E-state index in [0.717, 1.165) is 35.3 Å². The molecule has 2 aromatic heterocycles. The number of nitrogens with zero attached hydrogens (tertiary/aromatic N) is 1. The number of alkyl halides is 3. The predicted octanol–water partition coefficient (Wildman–Crippen LogP) is 6.16. The van der Waals surface area contributed by atoms with Crippen LogP contribution in [0.25, 0.3) is 0 Å². The van der Waals surface area contributed by atoms with Gasteiger partial charge in [-0.3, -0.25) is 4.79 Å². The van der Waals surface area contributed by atoms with Crippen LogP contribution in [-0.2, 0) is 28.1 Å². The number of oxime groups is 1. The van der Waals surface area contributed by atoms with Crippen molar-refractivity contribution < 1.29 is 27.6 Å². The normalized spacial score (nSPS) is 20.5. The number of carbonyl (C=O) groups excluding carboxylic acids is 2. The van der Waals surface area contributed by atoms with Crippen LogP contribution in [0.15, 0.2) is 5.16 Å². The van der Waals surface area contributed by atoms with Crippen molar-refractivity contribution in [1.82, 2.24) is 5.32 Å². The lowest BCUT2D eigenvalue weighted by Crippen LogP contribution is -2.42. The van der Waals surface area contributed by atoms with E-state index in [1.54, 1.807) is 0 Å². The first kappa shape index (κ1) is 23.8. The number of fused-ring (bicyclic) bond motifs is 1. The van der Waals surface area contributed by atoms with Crippen LogP contribution in [-0.4, -0.2) is 30.6 Å². The second kappa shape index (κ2) is 8.79. The van der Waals surface area contributed by atoms with Gasteiger partial charge < -0.3 is 14.9 Å². The number of nitrogens with one attached hydrogen (secondary N) is 1. The van der Waals surface area contributed by atoms with Crippen LogP contribution < -0.4 is 5.32 Å². The maximum absolute atomic E-state index is 14.3. The third-order valence-corrected chi connectivity index (χ3v) is 9.38. The van der Waals surface area contributed by atoms with Gasteiger partial charge in [-0.15, -0.1) is 22.7 Å². The summed E-state index contributed by atoms with van der Waals surface area (Å²) in [5.41, 5.74) is -1.17. The molecular weight excluding hydrogens is 532 g/mol. The average Bonchev–Trinajstić information content (AvgIpc) is 3.43. The summed E-state index contributed by atoms with van der Waals surface area (Å²) in [6, 6.07) is 0. The maximum Gasteiger partial charge on any atom is 0.436 e. The molecule has 1 aliphatic heterocycles. The molecule has 5 nitrogen and oxygen atoms in total. The Balaban J connectivity index is 1.76. The molecule has 0 fully saturated rings. The number of carbonyl (C=O) groups is 2. The molecular formula is C19H14Cl3F3N2O3S2. The van der Waals surface area contributed by atoms with Gasteiger partial charge in [-0.05, 0) is 36.8 Å². The predicted molar refractivity (Wildman–Crippen MR) is 119 cm³/mol. The quantitative estimate of drug-likeness (QED) is 0.458. The van der Waals surface area contributed by atoms with E-state index in [4.69, 9.17) is 39.6 Å². The second-order valence-electron chi connectivity index (χ2n) is 7.26. The van der Waals surface area contributed by atoms with Gasteiger partial charge >= 0.3 is 6.18 Å². The van der Waals surface area contributed by atoms with Crippen LogP contribution in [0.1, 0.15) is 49.8 Å². The Hall–Kier alpha value is -1.33. The standard InChI is InChI=1S/C19H14Cl3F3N2O3S2/c20-11-12(21)16(22)32-15(11)18(19(23,24)25)7-10(27-30-18)13-8-3-1-2-4-9(8)14(31-13)17(29)26-5-6-28/h6H,1-5,7H2,(H,26,29). The SMILES string of the molecule is O=CCNC(=O)c1sc(C2=NOC(c3sc(Cl)c(Cl)c3Cl)(C(F)(F)F)C2)c2c1CCCC2. The molecule has 0 bridgehead atoms. The first-order valence-electron chi connectivity index (χ1n) is 9.43. The highest BCUT2D eigenvalue weighted by Gasteiger charge is 2.64. The number of amides is 1. The summed E-state index contributed by atoms with van der Waals surface area (Å²) in [5.74, 6) is -0.437. The number of thiophene rings is 2. The zero-order chi connectivity index (χ0) is 23.3. The van der Waals surface area contributed by atoms with Crippen molar-refractivity contribution in [2.45, 2.75) is 43.9 Å². The molecule has 1 N–H and O–H groups in total. The van der Waals surface area contributed by atoms with Crippen LogP contribution >= 0.6 is 57.5 Å². The summed E-state index contributed by atoms with van der Waals surface area (Å²) in [5, 5.41) is 5.81. The molecule has 3 heterocycles. The minimum absolute atomic E-state index is 0.0741. The Morgan fingerprint density at radius 2 is 1.84 bits per heavy atom. The first-order valence-corrected chi connectivity index (χ1v) is 12.2. The molecule has 4 rings (SSSR count). The Kier molecular flexibility index (Phi) is 6.54. The molecule has 2 aliphatic rings. The van der Waals surface area contributed by atoms with Crippen molar-refractivity contribution in [3.8, 4) is 0 Å². The smallest absolute Gasteiger partial charge is 0.373 e. The molecule has 1 unspecified atom stereocenters. The molecule has 32 heavy (non-hydrogen) atoms. The summed E-state index contributed by atoms with van der Waals surface area (Å²) >= 11 is 19.6. The molecule has 13 heteroatoms. The zero-order valence-electron chi connectivity index (χ0n) is 16.1. The number of hydrogen-bond donors (Lipinski definition) is 1. The van der Waals surface area contributed by atoms with Crippen molar-refractivity contribution in [2.75, 3.05) is 6.54 Å². The van der Waals surface area contributed by atoms with Crippen LogP contribution in [0.5, 0.6) is 0 Å². The van der Waals surface area contributed by atoms with Crippen LogP contribution in [0.2, 0.25) is 14.4 Å². The first-order chi connectivity index (χ1) is 15.1. The molecule has 0 spiro atoms. The third kappa shape index (κ3) is 3.83. The lowest BCUT2D eigenvalue weighted by molar-refractivity contribution is -0.274. The molecule has 0 aromatic carbocycles. The van der Waals surface area contributed by atoms with Gasteiger partial charge in [0.1, 0.15) is 16.3 Å². The Bertz CT molecular complexity index is 1130. The van der Waals surface area contributed by atoms with Crippen LogP contribution in [0.4, 0.5) is 13.2 Å². The van der Waals surface area contributed by atoms with E-state index in [1.165, 1.54) is 0 Å². The fourth-order valence-corrected chi connectivity index (χ4v) is 7.15. The van der Waals surface area contributed by atoms with Gasteiger partial charge in [0.2, 0.25) is 0 Å². The molecule has 1 amide bonds. The summed E-state index contributed by atoms with van der Waals surface area (Å²) in [6.07, 6.45) is -2.01. The van der Waals surface area contributed by atoms with Crippen molar-refractivity contribution in [3.63, 3.8) is 0 Å². The maximum atomic E-state index is 14.3. The highest BCUT2D eigenvalue weighted by molar-refractivity contribution is 7.18. The van der Waals surface area contributed by atoms with Gasteiger partial charge in [0.15, 0.2) is 0 Å². The summed E-state index contributed by atoms with van der Waals surface area (Å²) in [7, 11) is 0. The molecule has 0 saturated heterocycles. The lowest BCUT2D eigenvalue weighted by atomic mass is 9.88. The Labute approximate surface area is 203 Å². The van der Waals surface area contributed by atoms with E-state index in [1.807, 2.05) is 0 Å². The summed E-state index contributed by atoms with van der Waals surface area (Å²) < 4.78 is 42.8. The van der Waals surface area contributed by atoms with E-state index in [9.17, 15) is 22.8 Å². The molecule has 1 atom stereocenters. The van der Waals surface area contributed by atoms with E-state index in [2.05, 4.69) is 10.5 Å². The number of rotatable bonds is 5. The molecule has 1 aliphatic carbocycles. The fraction of sp³-hybridized carbons (Fsp3) is 0.421. The number of hydrogen-bond acceptors (Lipinski definition) is 6. The topological polar surface area (TPSA) is 67.8 Å². The monoisotopic (exact) mass is 544 g/mol. The van der Waals surface area contributed by atoms with Gasteiger partial charge in [-0.25, -0.2) is 0 Å². The van der Waals surface area contributed by atoms with E-state index < -0.39 is 24.1 Å². The van der Waals surface area contributed by atoms with Crippen molar-refractivity contribution in [3.05, 3.63) is 40.1 Å². The number of halogens is 6. The van der Waals surface area contributed by atoms with Crippen LogP contribution in [0.3, 0.4) is 0 Å². The van der Waals surface area contributed by atoms with E-state index in [0.29, 0.717) is 40.2 Å². The third-order valence-electron chi connectivity index (χ3n) is 5.34. The van der Waals surface area contributed by atoms with Crippen LogP contribution in [0, 0.1) is 0 Å². The Morgan fingerprint density at radius 3 is 2.44 bits per heavy atom. The van der Waals surface area contributed by atoms with Crippen molar-refractivity contribution in [1.29, 1.82) is 0 Å². The minimum Gasteiger partial charge on any atom is -0.373 e. The van der Waals surface area contributed by atoms with Gasteiger partial charge in [0.05, 0.1) is 37.6 Å². The van der Waals surface area contributed by atoms with Crippen molar-refractivity contribution in [2.24, 2.45) is 5.16 Å². The molecule has 0 saturated carbocycles. The number of aldehydes is 1. The van der Waals surface area contributed by atoms with Gasteiger partial charge in [-0.2, -0.15) is 13.2 Å². The van der Waals surface area contributed by atoms with Gasteiger partial charge in [0.25, 0.3) is 11.5 Å². The largest absolute Gasteiger partial charge is 0.436 e. The van der Waals surface area contributed by atoms with E-state index >= 15 is 0 Å². The highest BCUT2D eigenvalue weighted by atomic mass is 35.5. The molecule has 2 aromatic rings. The Morgan fingerprint density at radius 1 is 1.16 bits per heavy atom.